The Hall–Kier alpha value is -5.45. The summed E-state index contributed by atoms with van der Waals surface area (Å²) in [6, 6.07) is 16.3. The van der Waals surface area contributed by atoms with Gasteiger partial charge in [-0.1, -0.05) is 51.7 Å². The van der Waals surface area contributed by atoms with Gasteiger partial charge in [0.25, 0.3) is 0 Å². The minimum Gasteiger partial charge on any atom is -0.494 e. The maximum Gasteiger partial charge on any atom is 0.343 e. The van der Waals surface area contributed by atoms with Gasteiger partial charge in [-0.3, -0.25) is 0 Å². The predicted molar refractivity (Wildman–Crippen MR) is 189 cm³/mol. The second-order valence-corrected chi connectivity index (χ2v) is 11.4. The summed E-state index contributed by atoms with van der Waals surface area (Å²) in [5.74, 6) is -2.29. The zero-order valence-corrected chi connectivity index (χ0v) is 28.8. The van der Waals surface area contributed by atoms with Crippen molar-refractivity contribution in [2.24, 2.45) is 0 Å². The van der Waals surface area contributed by atoms with Gasteiger partial charge in [-0.15, -0.1) is 0 Å². The molecule has 3 aromatic carbocycles. The number of ether oxygens (including phenoxy) is 6. The Kier molecular flexibility index (Phi) is 18.1. The molecule has 0 fully saturated rings. The van der Waals surface area contributed by atoms with Gasteiger partial charge in [-0.05, 0) is 86.3 Å². The van der Waals surface area contributed by atoms with Gasteiger partial charge < -0.3 is 28.4 Å². The van der Waals surface area contributed by atoms with Crippen LogP contribution in [-0.2, 0) is 19.1 Å². The average molecular weight is 705 g/mol. The van der Waals surface area contributed by atoms with Crippen molar-refractivity contribution in [2.45, 2.75) is 64.2 Å². The third-order valence-corrected chi connectivity index (χ3v) is 7.43. The Morgan fingerprint density at radius 2 is 0.902 bits per heavy atom. The smallest absolute Gasteiger partial charge is 0.343 e. The molecule has 0 radical (unpaired) electrons. The monoisotopic (exact) mass is 704 g/mol. The van der Waals surface area contributed by atoms with Crippen LogP contribution in [0.1, 0.15) is 84.9 Å². The summed E-state index contributed by atoms with van der Waals surface area (Å²) in [7, 11) is 0. The third kappa shape index (κ3) is 15.8. The van der Waals surface area contributed by atoms with Gasteiger partial charge in [-0.2, -0.15) is 0 Å². The summed E-state index contributed by atoms with van der Waals surface area (Å²) in [5, 5.41) is 0. The molecule has 0 aliphatic heterocycles. The van der Waals surface area contributed by atoms with Gasteiger partial charge in [0.1, 0.15) is 17.2 Å². The topological polar surface area (TPSA) is 124 Å². The molecule has 3 aromatic rings. The molecule has 0 saturated heterocycles. The van der Waals surface area contributed by atoms with Crippen LogP contribution < -0.4 is 18.9 Å². The Morgan fingerprint density at radius 3 is 1.33 bits per heavy atom. The number of hydrogen-bond acceptors (Lipinski definition) is 10. The first kappa shape index (κ1) is 40.0. The molecule has 11 heteroatoms. The molecule has 0 bridgehead atoms. The van der Waals surface area contributed by atoms with Gasteiger partial charge in [0.2, 0.25) is 0 Å². The lowest BCUT2D eigenvalue weighted by Gasteiger charge is -2.10. The van der Waals surface area contributed by atoms with E-state index in [0.717, 1.165) is 82.4 Å². The van der Waals surface area contributed by atoms with Crippen molar-refractivity contribution in [3.8, 4) is 23.0 Å². The molecular formula is C40H45FO10. The third-order valence-electron chi connectivity index (χ3n) is 7.43. The molecule has 0 aliphatic carbocycles. The molecule has 3 rings (SSSR count). The molecule has 0 N–H and O–H groups in total. The Bertz CT molecular complexity index is 1570. The van der Waals surface area contributed by atoms with Crippen LogP contribution in [0.5, 0.6) is 23.0 Å². The standard InChI is InChI=1S/C40H45FO10/c1-3-37(42)48-27-13-9-5-7-11-25-46-32-19-15-30(16-20-32)39(44)50-34-23-24-36(35(41)29-34)51-40(45)31-17-21-33(22-18-31)47-26-12-8-6-10-14-28-49-38(43)4-2/h3-4,15-24,29H,1-2,5-14,25-28H2. The number of hydrogen-bond donors (Lipinski definition) is 0. The van der Waals surface area contributed by atoms with Crippen LogP contribution in [0.4, 0.5) is 4.39 Å². The lowest BCUT2D eigenvalue weighted by Crippen LogP contribution is -2.11. The first-order valence-corrected chi connectivity index (χ1v) is 17.1. The molecule has 0 amide bonds. The van der Waals surface area contributed by atoms with E-state index in [0.29, 0.717) is 37.9 Å². The first-order valence-electron chi connectivity index (χ1n) is 17.1. The molecule has 0 spiro atoms. The van der Waals surface area contributed by atoms with Gasteiger partial charge in [0.15, 0.2) is 11.6 Å². The summed E-state index contributed by atoms with van der Waals surface area (Å²) in [4.78, 5) is 47.2. The fourth-order valence-electron chi connectivity index (χ4n) is 4.64. The van der Waals surface area contributed by atoms with E-state index in [4.69, 9.17) is 28.4 Å². The predicted octanol–water partition coefficient (Wildman–Crippen LogP) is 8.38. The van der Waals surface area contributed by atoms with Crippen LogP contribution in [0.15, 0.2) is 92.0 Å². The van der Waals surface area contributed by atoms with E-state index in [1.807, 2.05) is 0 Å². The molecule has 51 heavy (non-hydrogen) atoms. The van der Waals surface area contributed by atoms with Crippen LogP contribution >= 0.6 is 0 Å². The van der Waals surface area contributed by atoms with Gasteiger partial charge in [0.05, 0.1) is 37.6 Å². The van der Waals surface area contributed by atoms with Crippen LogP contribution in [0, 0.1) is 5.82 Å². The Balaban J connectivity index is 1.33. The minimum atomic E-state index is -0.869. The van der Waals surface area contributed by atoms with Crippen LogP contribution in [0.3, 0.4) is 0 Å². The number of benzene rings is 3. The quantitative estimate of drug-likeness (QED) is 0.0389. The number of rotatable bonds is 24. The van der Waals surface area contributed by atoms with E-state index in [-0.39, 0.29) is 22.6 Å². The summed E-state index contributed by atoms with van der Waals surface area (Å²) < 4.78 is 46.6. The second-order valence-electron chi connectivity index (χ2n) is 11.4. The zero-order chi connectivity index (χ0) is 36.7. The highest BCUT2D eigenvalue weighted by molar-refractivity contribution is 5.92. The SMILES string of the molecule is C=CC(=O)OCCCCCCCOc1ccc(C(=O)Oc2ccc(OC(=O)c3ccc(OCCCCCCCOC(=O)C=C)cc3)c(F)c2)cc1. The van der Waals surface area contributed by atoms with Crippen LogP contribution in [0.25, 0.3) is 0 Å². The molecular weight excluding hydrogens is 659 g/mol. The van der Waals surface area contributed by atoms with Gasteiger partial charge >= 0.3 is 23.9 Å². The number of carbonyl (C=O) groups excluding carboxylic acids is 4. The first-order chi connectivity index (χ1) is 24.8. The van der Waals surface area contributed by atoms with E-state index in [1.54, 1.807) is 36.4 Å². The normalized spacial score (nSPS) is 10.5. The molecule has 10 nitrogen and oxygen atoms in total. The van der Waals surface area contributed by atoms with E-state index in [1.165, 1.54) is 24.3 Å². The van der Waals surface area contributed by atoms with Crippen LogP contribution in [0.2, 0.25) is 0 Å². The molecule has 0 saturated carbocycles. The van der Waals surface area contributed by atoms with Crippen molar-refractivity contribution in [3.63, 3.8) is 0 Å². The highest BCUT2D eigenvalue weighted by Gasteiger charge is 2.15. The van der Waals surface area contributed by atoms with Crippen molar-refractivity contribution in [1.29, 1.82) is 0 Å². The maximum absolute atomic E-state index is 14.8. The lowest BCUT2D eigenvalue weighted by atomic mass is 10.1. The van der Waals surface area contributed by atoms with Crippen molar-refractivity contribution in [1.82, 2.24) is 0 Å². The van der Waals surface area contributed by atoms with Crippen molar-refractivity contribution in [2.75, 3.05) is 26.4 Å². The highest BCUT2D eigenvalue weighted by Crippen LogP contribution is 2.25. The van der Waals surface area contributed by atoms with Gasteiger partial charge in [0, 0.05) is 18.2 Å². The summed E-state index contributed by atoms with van der Waals surface area (Å²) in [6.45, 7) is 8.53. The largest absolute Gasteiger partial charge is 0.494 e. The van der Waals surface area contributed by atoms with Gasteiger partial charge in [-0.25, -0.2) is 23.6 Å². The fourth-order valence-corrected chi connectivity index (χ4v) is 4.64. The molecule has 0 unspecified atom stereocenters. The fraction of sp³-hybridized carbons (Fsp3) is 0.350. The van der Waals surface area contributed by atoms with E-state index < -0.39 is 29.7 Å². The van der Waals surface area contributed by atoms with E-state index in [2.05, 4.69) is 13.2 Å². The van der Waals surface area contributed by atoms with Crippen molar-refractivity contribution >= 4 is 23.9 Å². The average Bonchev–Trinajstić information content (AvgIpc) is 3.14. The van der Waals surface area contributed by atoms with E-state index in [9.17, 15) is 23.6 Å². The zero-order valence-electron chi connectivity index (χ0n) is 28.8. The maximum atomic E-state index is 14.8. The molecule has 0 aromatic heterocycles. The highest BCUT2D eigenvalue weighted by atomic mass is 19.1. The minimum absolute atomic E-state index is 0.0491. The Morgan fingerprint density at radius 1 is 0.510 bits per heavy atom. The van der Waals surface area contributed by atoms with Crippen LogP contribution in [-0.4, -0.2) is 50.3 Å². The lowest BCUT2D eigenvalue weighted by molar-refractivity contribution is -0.138. The molecule has 0 aliphatic rings. The molecule has 0 heterocycles. The molecule has 0 atom stereocenters. The summed E-state index contributed by atoms with van der Waals surface area (Å²) in [6.07, 6.45) is 11.5. The van der Waals surface area contributed by atoms with Crippen molar-refractivity contribution < 1.29 is 52.0 Å². The number of esters is 4. The number of halogens is 1. The number of carbonyl (C=O) groups is 4. The Labute approximate surface area is 298 Å². The summed E-state index contributed by atoms with van der Waals surface area (Å²) >= 11 is 0. The summed E-state index contributed by atoms with van der Waals surface area (Å²) in [5.41, 5.74) is 0.464. The second kappa shape index (κ2) is 23.0. The molecule has 272 valence electrons. The van der Waals surface area contributed by atoms with E-state index >= 15 is 0 Å². The number of unbranched alkanes of at least 4 members (excludes halogenated alkanes) is 8. The van der Waals surface area contributed by atoms with Crippen molar-refractivity contribution in [3.05, 3.63) is 109 Å².